The largest absolute Gasteiger partial charge is 0.300 e. The SMILES string of the molecule is C1=CC=C(c2nccn2-c2ccccc2)CC=C1. The molecule has 0 saturated carbocycles. The van der Waals surface area contributed by atoms with Crippen LogP contribution in [0.15, 0.2) is 73.1 Å². The minimum atomic E-state index is 0.914. The zero-order chi connectivity index (χ0) is 12.2. The molecular formula is C16H14N2. The van der Waals surface area contributed by atoms with Gasteiger partial charge in [0.2, 0.25) is 0 Å². The molecule has 0 N–H and O–H groups in total. The Balaban J connectivity index is 2.05. The summed E-state index contributed by atoms with van der Waals surface area (Å²) in [6.45, 7) is 0. The third-order valence-electron chi connectivity index (χ3n) is 2.96. The van der Waals surface area contributed by atoms with E-state index in [1.54, 1.807) is 0 Å². The molecule has 3 rings (SSSR count). The van der Waals surface area contributed by atoms with Gasteiger partial charge in [-0.2, -0.15) is 0 Å². The van der Waals surface area contributed by atoms with Gasteiger partial charge in [-0.15, -0.1) is 0 Å². The van der Waals surface area contributed by atoms with E-state index < -0.39 is 0 Å². The van der Waals surface area contributed by atoms with Gasteiger partial charge in [0.25, 0.3) is 0 Å². The molecule has 2 nitrogen and oxygen atoms in total. The van der Waals surface area contributed by atoms with E-state index in [-0.39, 0.29) is 0 Å². The third kappa shape index (κ3) is 2.05. The first-order valence-electron chi connectivity index (χ1n) is 6.07. The van der Waals surface area contributed by atoms with E-state index in [1.165, 1.54) is 5.57 Å². The van der Waals surface area contributed by atoms with Crippen molar-refractivity contribution < 1.29 is 0 Å². The number of para-hydroxylation sites is 1. The standard InChI is InChI=1S/C16H14N2/c1-2-5-9-14(8-4-1)16-17-12-13-18(16)15-10-6-3-7-11-15/h1-8,10-13H,9H2. The Bertz CT molecular complexity index is 616. The first-order chi connectivity index (χ1) is 8.95. The summed E-state index contributed by atoms with van der Waals surface area (Å²) in [5.74, 6) is 1.01. The van der Waals surface area contributed by atoms with Crippen LogP contribution in [0.1, 0.15) is 12.2 Å². The molecule has 1 aliphatic rings. The van der Waals surface area contributed by atoms with E-state index in [9.17, 15) is 0 Å². The monoisotopic (exact) mass is 234 g/mol. The van der Waals surface area contributed by atoms with E-state index >= 15 is 0 Å². The fraction of sp³-hybridized carbons (Fsp3) is 0.0625. The first kappa shape index (κ1) is 10.8. The highest BCUT2D eigenvalue weighted by Gasteiger charge is 2.09. The van der Waals surface area contributed by atoms with Crippen molar-refractivity contribution in [2.24, 2.45) is 0 Å². The van der Waals surface area contributed by atoms with Crippen molar-refractivity contribution >= 4 is 5.57 Å². The highest BCUT2D eigenvalue weighted by molar-refractivity contribution is 5.65. The molecule has 88 valence electrons. The van der Waals surface area contributed by atoms with E-state index in [0.717, 1.165) is 17.9 Å². The van der Waals surface area contributed by atoms with Crippen LogP contribution in [0.25, 0.3) is 11.3 Å². The van der Waals surface area contributed by atoms with E-state index in [0.29, 0.717) is 0 Å². The van der Waals surface area contributed by atoms with Gasteiger partial charge in [0.15, 0.2) is 0 Å². The average molecular weight is 234 g/mol. The Kier molecular flexibility index (Phi) is 2.92. The molecule has 0 bridgehead atoms. The number of hydrogen-bond donors (Lipinski definition) is 0. The maximum Gasteiger partial charge on any atom is 0.140 e. The van der Waals surface area contributed by atoms with Gasteiger partial charge in [0, 0.05) is 18.1 Å². The summed E-state index contributed by atoms with van der Waals surface area (Å²) < 4.78 is 2.12. The second-order valence-electron chi connectivity index (χ2n) is 4.17. The van der Waals surface area contributed by atoms with Crippen molar-refractivity contribution in [3.63, 3.8) is 0 Å². The molecule has 0 fully saturated rings. The highest BCUT2D eigenvalue weighted by Crippen LogP contribution is 2.22. The summed E-state index contributed by atoms with van der Waals surface area (Å²) in [6, 6.07) is 10.3. The van der Waals surface area contributed by atoms with Crippen molar-refractivity contribution in [3.05, 3.63) is 78.9 Å². The average Bonchev–Trinajstić information content (AvgIpc) is 2.75. The van der Waals surface area contributed by atoms with Gasteiger partial charge in [-0.3, -0.25) is 0 Å². The Hall–Kier alpha value is -2.35. The van der Waals surface area contributed by atoms with Crippen LogP contribution in [0.5, 0.6) is 0 Å². The van der Waals surface area contributed by atoms with E-state index in [2.05, 4.69) is 46.0 Å². The van der Waals surface area contributed by atoms with Crippen molar-refractivity contribution in [1.29, 1.82) is 0 Å². The number of imidazole rings is 1. The van der Waals surface area contributed by atoms with Gasteiger partial charge in [-0.1, -0.05) is 48.6 Å². The van der Waals surface area contributed by atoms with E-state index in [4.69, 9.17) is 0 Å². The van der Waals surface area contributed by atoms with Crippen molar-refractivity contribution in [2.75, 3.05) is 0 Å². The molecule has 0 spiro atoms. The van der Waals surface area contributed by atoms with Crippen molar-refractivity contribution in [3.8, 4) is 5.69 Å². The lowest BCUT2D eigenvalue weighted by Crippen LogP contribution is -1.99. The Morgan fingerprint density at radius 3 is 2.78 bits per heavy atom. The molecule has 0 radical (unpaired) electrons. The van der Waals surface area contributed by atoms with Crippen LogP contribution in [0, 0.1) is 0 Å². The summed E-state index contributed by atoms with van der Waals surface area (Å²) >= 11 is 0. The van der Waals surface area contributed by atoms with Crippen LogP contribution in [0.2, 0.25) is 0 Å². The lowest BCUT2D eigenvalue weighted by atomic mass is 10.1. The maximum atomic E-state index is 4.48. The topological polar surface area (TPSA) is 17.8 Å². The summed E-state index contributed by atoms with van der Waals surface area (Å²) in [6.07, 6.45) is 15.2. The minimum absolute atomic E-state index is 0.914. The van der Waals surface area contributed by atoms with Gasteiger partial charge in [-0.05, 0) is 24.1 Å². The molecule has 0 aliphatic heterocycles. The highest BCUT2D eigenvalue weighted by atomic mass is 15.1. The molecule has 0 atom stereocenters. The molecule has 0 saturated heterocycles. The number of rotatable bonds is 2. The summed E-state index contributed by atoms with van der Waals surface area (Å²) in [7, 11) is 0. The Morgan fingerprint density at radius 1 is 1.00 bits per heavy atom. The number of benzene rings is 1. The molecule has 2 heteroatoms. The van der Waals surface area contributed by atoms with Crippen LogP contribution in [0.4, 0.5) is 0 Å². The minimum Gasteiger partial charge on any atom is -0.300 e. The Labute approximate surface area is 107 Å². The fourth-order valence-electron chi connectivity index (χ4n) is 2.08. The molecule has 1 aromatic carbocycles. The third-order valence-corrected chi connectivity index (χ3v) is 2.96. The lowest BCUT2D eigenvalue weighted by molar-refractivity contribution is 1.01. The smallest absolute Gasteiger partial charge is 0.140 e. The normalized spacial score (nSPS) is 14.3. The summed E-state index contributed by atoms with van der Waals surface area (Å²) in [5, 5.41) is 0. The summed E-state index contributed by atoms with van der Waals surface area (Å²) in [4.78, 5) is 4.48. The van der Waals surface area contributed by atoms with Crippen LogP contribution < -0.4 is 0 Å². The van der Waals surface area contributed by atoms with Gasteiger partial charge >= 0.3 is 0 Å². The molecule has 0 amide bonds. The molecule has 1 aromatic heterocycles. The van der Waals surface area contributed by atoms with Crippen LogP contribution in [-0.4, -0.2) is 9.55 Å². The van der Waals surface area contributed by atoms with Gasteiger partial charge in [-0.25, -0.2) is 4.98 Å². The molecule has 2 aromatic rings. The number of hydrogen-bond acceptors (Lipinski definition) is 1. The number of nitrogens with zero attached hydrogens (tertiary/aromatic N) is 2. The number of allylic oxidation sites excluding steroid dienone is 6. The molecule has 0 unspecified atom stereocenters. The zero-order valence-electron chi connectivity index (χ0n) is 10.0. The molecule has 18 heavy (non-hydrogen) atoms. The molecule has 1 aliphatic carbocycles. The Morgan fingerprint density at radius 2 is 1.89 bits per heavy atom. The lowest BCUT2D eigenvalue weighted by Gasteiger charge is -2.09. The van der Waals surface area contributed by atoms with Crippen molar-refractivity contribution in [1.82, 2.24) is 9.55 Å². The second-order valence-corrected chi connectivity index (χ2v) is 4.17. The predicted molar refractivity (Wildman–Crippen MR) is 74.4 cm³/mol. The van der Waals surface area contributed by atoms with Gasteiger partial charge in [0.1, 0.15) is 5.82 Å². The van der Waals surface area contributed by atoms with Crippen LogP contribution >= 0.6 is 0 Å². The molecular weight excluding hydrogens is 220 g/mol. The maximum absolute atomic E-state index is 4.48. The fourth-order valence-corrected chi connectivity index (χ4v) is 2.08. The number of aromatic nitrogens is 2. The molecule has 1 heterocycles. The first-order valence-corrected chi connectivity index (χ1v) is 6.07. The van der Waals surface area contributed by atoms with Gasteiger partial charge < -0.3 is 4.57 Å². The second kappa shape index (κ2) is 4.88. The zero-order valence-corrected chi connectivity index (χ0v) is 10.0. The summed E-state index contributed by atoms with van der Waals surface area (Å²) in [5.41, 5.74) is 2.37. The van der Waals surface area contributed by atoms with Gasteiger partial charge in [0.05, 0.1) is 0 Å². The van der Waals surface area contributed by atoms with Crippen LogP contribution in [-0.2, 0) is 0 Å². The van der Waals surface area contributed by atoms with Crippen LogP contribution in [0.3, 0.4) is 0 Å². The van der Waals surface area contributed by atoms with E-state index in [1.807, 2.05) is 36.7 Å². The quantitative estimate of drug-likeness (QED) is 0.773. The van der Waals surface area contributed by atoms with Crippen molar-refractivity contribution in [2.45, 2.75) is 6.42 Å². The predicted octanol–water partition coefficient (Wildman–Crippen LogP) is 3.77.